The number of amides is 1. The number of rotatable bonds is 2. The number of carbonyl (C=O) groups is 1. The topological polar surface area (TPSA) is 67.5 Å². The maximum absolute atomic E-state index is 11.4. The number of fused-ring (bicyclic) bond motifs is 1. The van der Waals surface area contributed by atoms with Crippen LogP contribution in [0.1, 0.15) is 23.8 Å². The average Bonchev–Trinajstić information content (AvgIpc) is 3.12. The number of carbonyl (C=O) groups excluding carboxylic acids is 1. The predicted molar refractivity (Wildman–Crippen MR) is 90.5 cm³/mol. The van der Waals surface area contributed by atoms with Gasteiger partial charge in [0.05, 0.1) is 10.6 Å². The van der Waals surface area contributed by atoms with Crippen molar-refractivity contribution < 1.29 is 9.21 Å². The molecule has 0 radical (unpaired) electrons. The van der Waals surface area contributed by atoms with Crippen LogP contribution in [0.2, 0.25) is 0 Å². The van der Waals surface area contributed by atoms with Crippen molar-refractivity contribution in [3.8, 4) is 10.8 Å². The molecule has 1 aliphatic heterocycles. The van der Waals surface area contributed by atoms with E-state index in [1.807, 2.05) is 31.2 Å². The third kappa shape index (κ3) is 2.55. The van der Waals surface area contributed by atoms with Gasteiger partial charge in [-0.05, 0) is 31.2 Å². The van der Waals surface area contributed by atoms with Gasteiger partial charge >= 0.3 is 0 Å². The summed E-state index contributed by atoms with van der Waals surface area (Å²) in [7, 11) is 0. The highest BCUT2D eigenvalue weighted by Crippen LogP contribution is 2.30. The maximum atomic E-state index is 11.4. The molecule has 1 aliphatic rings. The molecular weight excluding hydrogens is 310 g/mol. The van der Waals surface area contributed by atoms with Gasteiger partial charge in [-0.1, -0.05) is 13.0 Å². The Balaban J connectivity index is 1.75. The van der Waals surface area contributed by atoms with Crippen LogP contribution in [0.5, 0.6) is 0 Å². The summed E-state index contributed by atoms with van der Waals surface area (Å²) in [5.74, 6) is 0.683. The molecule has 0 aliphatic carbocycles. The average molecular weight is 325 g/mol. The lowest BCUT2D eigenvalue weighted by molar-refractivity contribution is -0.121. The van der Waals surface area contributed by atoms with Gasteiger partial charge in [-0.2, -0.15) is 5.10 Å². The Kier molecular flexibility index (Phi) is 3.27. The van der Waals surface area contributed by atoms with E-state index in [0.29, 0.717) is 12.3 Å². The number of aryl methyl sites for hydroxylation is 1. The molecule has 0 saturated heterocycles. The molecule has 116 valence electrons. The van der Waals surface area contributed by atoms with E-state index in [-0.39, 0.29) is 11.8 Å². The molecule has 0 bridgehead atoms. The van der Waals surface area contributed by atoms with E-state index in [1.165, 1.54) is 4.88 Å². The second-order valence-electron chi connectivity index (χ2n) is 5.75. The van der Waals surface area contributed by atoms with E-state index in [4.69, 9.17) is 4.42 Å². The standard InChI is InChI=1S/C17H15N3O2S/c1-9-7-15(21)19-20-16(9)11-4-5-12-13(8-11)22-17(18-12)14-6-3-10(2)23-14/h3-6,8-9H,7H2,1-2H3,(H,19,21)/t9-/m1/s1. The minimum Gasteiger partial charge on any atom is -0.435 e. The Labute approximate surface area is 137 Å². The van der Waals surface area contributed by atoms with Gasteiger partial charge in [-0.25, -0.2) is 10.4 Å². The quantitative estimate of drug-likeness (QED) is 0.780. The van der Waals surface area contributed by atoms with Gasteiger partial charge in [0.15, 0.2) is 5.58 Å². The zero-order valence-corrected chi connectivity index (χ0v) is 13.6. The second-order valence-corrected chi connectivity index (χ2v) is 7.04. The maximum Gasteiger partial charge on any atom is 0.240 e. The van der Waals surface area contributed by atoms with Crippen LogP contribution in [-0.4, -0.2) is 16.6 Å². The van der Waals surface area contributed by atoms with E-state index in [2.05, 4.69) is 28.5 Å². The lowest BCUT2D eigenvalue weighted by Crippen LogP contribution is -2.31. The summed E-state index contributed by atoms with van der Waals surface area (Å²) >= 11 is 1.66. The van der Waals surface area contributed by atoms with E-state index in [1.54, 1.807) is 11.3 Å². The van der Waals surface area contributed by atoms with Gasteiger partial charge in [0.2, 0.25) is 11.8 Å². The van der Waals surface area contributed by atoms with Crippen LogP contribution in [0.25, 0.3) is 21.9 Å². The summed E-state index contributed by atoms with van der Waals surface area (Å²) in [5.41, 5.74) is 5.93. The van der Waals surface area contributed by atoms with Gasteiger partial charge in [0.25, 0.3) is 0 Å². The Morgan fingerprint density at radius 1 is 1.30 bits per heavy atom. The second kappa shape index (κ2) is 5.31. The molecule has 2 aromatic heterocycles. The van der Waals surface area contributed by atoms with Crippen LogP contribution in [0.4, 0.5) is 0 Å². The summed E-state index contributed by atoms with van der Waals surface area (Å²) in [5, 5.41) is 4.19. The van der Waals surface area contributed by atoms with E-state index in [0.717, 1.165) is 27.3 Å². The largest absolute Gasteiger partial charge is 0.435 e. The number of nitrogens with one attached hydrogen (secondary N) is 1. The van der Waals surface area contributed by atoms with E-state index < -0.39 is 0 Å². The Morgan fingerprint density at radius 3 is 2.91 bits per heavy atom. The number of hydrogen-bond donors (Lipinski definition) is 1. The van der Waals surface area contributed by atoms with Crippen LogP contribution in [0, 0.1) is 12.8 Å². The number of benzene rings is 1. The van der Waals surface area contributed by atoms with Crippen molar-refractivity contribution in [2.24, 2.45) is 11.0 Å². The first-order chi connectivity index (χ1) is 11.1. The number of hydrazone groups is 1. The lowest BCUT2D eigenvalue weighted by Gasteiger charge is -2.18. The van der Waals surface area contributed by atoms with E-state index in [9.17, 15) is 4.79 Å². The SMILES string of the molecule is Cc1ccc(-c2nc3ccc(C4=NNC(=O)C[C@H]4C)cc3o2)s1. The number of nitrogens with zero attached hydrogens (tertiary/aromatic N) is 2. The van der Waals surface area contributed by atoms with Crippen molar-refractivity contribution in [1.82, 2.24) is 10.4 Å². The zero-order chi connectivity index (χ0) is 16.0. The van der Waals surface area contributed by atoms with Crippen LogP contribution >= 0.6 is 11.3 Å². The molecule has 3 aromatic rings. The van der Waals surface area contributed by atoms with Gasteiger partial charge in [-0.15, -0.1) is 11.3 Å². The minimum atomic E-state index is -0.0441. The number of thiophene rings is 1. The molecule has 23 heavy (non-hydrogen) atoms. The fraction of sp³-hybridized carbons (Fsp3) is 0.235. The zero-order valence-electron chi connectivity index (χ0n) is 12.8. The normalized spacial score (nSPS) is 18.1. The molecule has 0 saturated carbocycles. The fourth-order valence-electron chi connectivity index (χ4n) is 2.74. The molecule has 1 amide bonds. The molecule has 6 heteroatoms. The highest BCUT2D eigenvalue weighted by molar-refractivity contribution is 7.15. The first kappa shape index (κ1) is 14.1. The molecule has 1 aromatic carbocycles. The van der Waals surface area contributed by atoms with Crippen molar-refractivity contribution in [2.45, 2.75) is 20.3 Å². The van der Waals surface area contributed by atoms with Gasteiger partial charge in [0.1, 0.15) is 5.52 Å². The Morgan fingerprint density at radius 2 is 2.17 bits per heavy atom. The molecule has 4 rings (SSSR count). The summed E-state index contributed by atoms with van der Waals surface area (Å²) < 4.78 is 5.91. The Hall–Kier alpha value is -2.47. The van der Waals surface area contributed by atoms with Crippen molar-refractivity contribution in [3.05, 3.63) is 40.8 Å². The van der Waals surface area contributed by atoms with E-state index >= 15 is 0 Å². The third-order valence-electron chi connectivity index (χ3n) is 3.89. The number of oxazole rings is 1. The van der Waals surface area contributed by atoms with Gasteiger partial charge in [0, 0.05) is 22.8 Å². The molecular formula is C17H15N3O2S. The molecule has 5 nitrogen and oxygen atoms in total. The molecule has 0 fully saturated rings. The fourth-order valence-corrected chi connectivity index (χ4v) is 3.53. The van der Waals surface area contributed by atoms with Gasteiger partial charge in [-0.3, -0.25) is 4.79 Å². The first-order valence-electron chi connectivity index (χ1n) is 7.44. The van der Waals surface area contributed by atoms with Crippen LogP contribution in [0.15, 0.2) is 39.9 Å². The lowest BCUT2D eigenvalue weighted by atomic mass is 9.94. The number of aromatic nitrogens is 1. The molecule has 0 unspecified atom stereocenters. The van der Waals surface area contributed by atoms with Crippen molar-refractivity contribution in [2.75, 3.05) is 0 Å². The number of hydrogen-bond acceptors (Lipinski definition) is 5. The first-order valence-corrected chi connectivity index (χ1v) is 8.26. The van der Waals surface area contributed by atoms with Gasteiger partial charge < -0.3 is 4.42 Å². The summed E-state index contributed by atoms with van der Waals surface area (Å²) in [6.07, 6.45) is 0.451. The molecule has 0 spiro atoms. The molecule has 1 atom stereocenters. The minimum absolute atomic E-state index is 0.0441. The Bertz CT molecular complexity index is 938. The predicted octanol–water partition coefficient (Wildman–Crippen LogP) is 3.72. The highest BCUT2D eigenvalue weighted by Gasteiger charge is 2.22. The molecule has 3 heterocycles. The van der Waals surface area contributed by atoms with Crippen molar-refractivity contribution in [3.63, 3.8) is 0 Å². The summed E-state index contributed by atoms with van der Waals surface area (Å²) in [6, 6.07) is 9.93. The third-order valence-corrected chi connectivity index (χ3v) is 4.88. The van der Waals surface area contributed by atoms with Crippen LogP contribution in [-0.2, 0) is 4.79 Å². The summed E-state index contributed by atoms with van der Waals surface area (Å²) in [6.45, 7) is 4.06. The van der Waals surface area contributed by atoms with Crippen molar-refractivity contribution in [1.29, 1.82) is 0 Å². The smallest absolute Gasteiger partial charge is 0.240 e. The monoisotopic (exact) mass is 325 g/mol. The highest BCUT2D eigenvalue weighted by atomic mass is 32.1. The van der Waals surface area contributed by atoms with Crippen molar-refractivity contribution >= 4 is 34.1 Å². The van der Waals surface area contributed by atoms with Crippen LogP contribution in [0.3, 0.4) is 0 Å². The van der Waals surface area contributed by atoms with Crippen LogP contribution < -0.4 is 5.43 Å². The molecule has 1 N–H and O–H groups in total. The summed E-state index contributed by atoms with van der Waals surface area (Å²) in [4.78, 5) is 18.2.